The number of carbonyl (C=O) groups is 3. The molecule has 178 valence electrons. The number of alkyl halides is 3. The van der Waals surface area contributed by atoms with E-state index in [4.69, 9.17) is 10.2 Å². The molecular formula is C22H20F3N5O4. The van der Waals surface area contributed by atoms with E-state index >= 15 is 0 Å². The van der Waals surface area contributed by atoms with Crippen LogP contribution in [0.15, 0.2) is 28.7 Å². The lowest BCUT2D eigenvalue weighted by atomic mass is 10.0. The molecule has 3 N–H and O–H groups in total. The average molecular weight is 475 g/mol. The number of halogens is 3. The molecule has 2 aromatic rings. The summed E-state index contributed by atoms with van der Waals surface area (Å²) in [6.07, 6.45) is -5.74. The summed E-state index contributed by atoms with van der Waals surface area (Å²) >= 11 is 0. The van der Waals surface area contributed by atoms with E-state index < -0.39 is 41.4 Å². The van der Waals surface area contributed by atoms with E-state index in [0.29, 0.717) is 11.1 Å². The van der Waals surface area contributed by atoms with E-state index in [-0.39, 0.29) is 37.6 Å². The first-order chi connectivity index (χ1) is 16.0. The quantitative estimate of drug-likeness (QED) is 0.631. The normalized spacial score (nSPS) is 18.9. The molecule has 1 fully saturated rings. The van der Waals surface area contributed by atoms with Crippen LogP contribution in [0.5, 0.6) is 0 Å². The maximum absolute atomic E-state index is 13.6. The van der Waals surface area contributed by atoms with Crippen molar-refractivity contribution in [2.45, 2.75) is 51.0 Å². The summed E-state index contributed by atoms with van der Waals surface area (Å²) in [5, 5.41) is 9.84. The summed E-state index contributed by atoms with van der Waals surface area (Å²) in [6.45, 7) is 1.41. The largest absolute Gasteiger partial charge is 0.415 e. The van der Waals surface area contributed by atoms with Gasteiger partial charge in [-0.05, 0) is 29.9 Å². The number of carbonyl (C=O) groups excluding carboxylic acids is 3. The molecule has 1 aromatic carbocycles. The maximum Gasteiger partial charge on any atom is 0.403 e. The molecule has 2 aliphatic rings. The molecule has 3 amide bonds. The molecule has 4 rings (SSSR count). The number of rotatable bonds is 5. The van der Waals surface area contributed by atoms with Crippen LogP contribution in [0.25, 0.3) is 0 Å². The van der Waals surface area contributed by atoms with Crippen molar-refractivity contribution >= 4 is 17.7 Å². The van der Waals surface area contributed by atoms with Crippen LogP contribution < -0.4 is 11.1 Å². The molecule has 0 saturated heterocycles. The minimum atomic E-state index is -4.72. The molecule has 2 heterocycles. The van der Waals surface area contributed by atoms with Crippen LogP contribution in [0, 0.1) is 24.2 Å². The maximum atomic E-state index is 13.6. The SMILES string of the molecule is Cc1nnc(C#C[C@H](CC(N)=O)NC(=O)[C@@H]2c3ccccc3CN2C(=O)C2(C(F)(F)F)CC2)o1. The van der Waals surface area contributed by atoms with Gasteiger partial charge in [-0.2, -0.15) is 13.2 Å². The van der Waals surface area contributed by atoms with Crippen molar-refractivity contribution in [1.29, 1.82) is 0 Å². The lowest BCUT2D eigenvalue weighted by molar-refractivity contribution is -0.200. The highest BCUT2D eigenvalue weighted by molar-refractivity contribution is 5.94. The van der Waals surface area contributed by atoms with E-state index in [1.165, 1.54) is 0 Å². The molecule has 12 heteroatoms. The first kappa shape index (κ1) is 23.3. The second kappa shape index (κ2) is 8.48. The zero-order valence-corrected chi connectivity index (χ0v) is 18.0. The van der Waals surface area contributed by atoms with Crippen molar-refractivity contribution < 1.29 is 32.0 Å². The zero-order valence-electron chi connectivity index (χ0n) is 18.0. The monoisotopic (exact) mass is 475 g/mol. The van der Waals surface area contributed by atoms with E-state index in [9.17, 15) is 27.6 Å². The Hall–Kier alpha value is -3.88. The highest BCUT2D eigenvalue weighted by atomic mass is 19.4. The van der Waals surface area contributed by atoms with E-state index in [0.717, 1.165) is 4.90 Å². The number of fused-ring (bicyclic) bond motifs is 1. The van der Waals surface area contributed by atoms with Crippen molar-refractivity contribution in [2.75, 3.05) is 0 Å². The van der Waals surface area contributed by atoms with Gasteiger partial charge in [-0.25, -0.2) is 0 Å². The summed E-state index contributed by atoms with van der Waals surface area (Å²) in [5.74, 6) is 2.66. The highest BCUT2D eigenvalue weighted by Crippen LogP contribution is 2.59. The third kappa shape index (κ3) is 4.33. The fourth-order valence-corrected chi connectivity index (χ4v) is 3.96. The predicted octanol–water partition coefficient (Wildman–Crippen LogP) is 1.52. The van der Waals surface area contributed by atoms with Gasteiger partial charge in [-0.3, -0.25) is 14.4 Å². The van der Waals surface area contributed by atoms with Gasteiger partial charge in [0.15, 0.2) is 0 Å². The summed E-state index contributed by atoms with van der Waals surface area (Å²) in [7, 11) is 0. The third-order valence-corrected chi connectivity index (χ3v) is 5.81. The number of hydrogen-bond acceptors (Lipinski definition) is 6. The number of nitrogens with two attached hydrogens (primary N) is 1. The Kier molecular flexibility index (Phi) is 5.80. The Balaban J connectivity index is 1.62. The smallest absolute Gasteiger partial charge is 0.403 e. The third-order valence-electron chi connectivity index (χ3n) is 5.81. The van der Waals surface area contributed by atoms with Gasteiger partial charge in [0.1, 0.15) is 11.5 Å². The molecule has 34 heavy (non-hydrogen) atoms. The first-order valence-electron chi connectivity index (χ1n) is 10.4. The van der Waals surface area contributed by atoms with Crippen LogP contribution in [0.1, 0.15) is 48.2 Å². The number of hydrogen-bond donors (Lipinski definition) is 2. The standard InChI is InChI=1S/C22H20F3N5O4/c1-12-28-29-17(34-12)7-6-14(10-16(26)31)27-19(32)18-15-5-3-2-4-13(15)11-30(18)20(33)21(8-9-21)22(23,24)25/h2-5,14,18H,8-11H2,1H3,(H2,26,31)(H,27,32)/t14-,18+/m1/s1. The van der Waals surface area contributed by atoms with Gasteiger partial charge < -0.3 is 20.4 Å². The first-order valence-corrected chi connectivity index (χ1v) is 10.4. The molecular weight excluding hydrogens is 455 g/mol. The number of nitrogens with zero attached hydrogens (tertiary/aromatic N) is 3. The number of aryl methyl sites for hydroxylation is 1. The van der Waals surface area contributed by atoms with Crippen LogP contribution in [0.2, 0.25) is 0 Å². The summed E-state index contributed by atoms with van der Waals surface area (Å²) in [4.78, 5) is 38.8. The van der Waals surface area contributed by atoms with Crippen LogP contribution in [0.4, 0.5) is 13.2 Å². The van der Waals surface area contributed by atoms with Gasteiger partial charge in [0.25, 0.3) is 5.89 Å². The van der Waals surface area contributed by atoms with Gasteiger partial charge in [0, 0.05) is 13.5 Å². The number of primary amides is 1. The minimum Gasteiger partial charge on any atom is -0.415 e. The Morgan fingerprint density at radius 1 is 1.29 bits per heavy atom. The van der Waals surface area contributed by atoms with Crippen molar-refractivity contribution in [1.82, 2.24) is 20.4 Å². The summed E-state index contributed by atoms with van der Waals surface area (Å²) < 4.78 is 46.0. The Morgan fingerprint density at radius 3 is 2.59 bits per heavy atom. The van der Waals surface area contributed by atoms with E-state index in [1.54, 1.807) is 31.2 Å². The van der Waals surface area contributed by atoms with Crippen molar-refractivity contribution in [3.63, 3.8) is 0 Å². The number of aromatic nitrogens is 2. The minimum absolute atomic E-state index is 0.0508. The number of nitrogens with one attached hydrogen (secondary N) is 1. The molecule has 1 aliphatic heterocycles. The van der Waals surface area contributed by atoms with Gasteiger partial charge in [-0.1, -0.05) is 35.3 Å². The predicted molar refractivity (Wildman–Crippen MR) is 109 cm³/mol. The molecule has 0 spiro atoms. The lowest BCUT2D eigenvalue weighted by Crippen LogP contribution is -2.48. The van der Waals surface area contributed by atoms with E-state index in [1.807, 2.05) is 0 Å². The molecule has 9 nitrogen and oxygen atoms in total. The molecule has 0 bridgehead atoms. The molecule has 1 saturated carbocycles. The Morgan fingerprint density at radius 2 is 2.00 bits per heavy atom. The van der Waals surface area contributed by atoms with Crippen LogP contribution in [0.3, 0.4) is 0 Å². The molecule has 1 aliphatic carbocycles. The van der Waals surface area contributed by atoms with Gasteiger partial charge in [0.05, 0.1) is 12.5 Å². The zero-order chi connectivity index (χ0) is 24.7. The fourth-order valence-electron chi connectivity index (χ4n) is 3.96. The Bertz CT molecular complexity index is 1210. The summed E-state index contributed by atoms with van der Waals surface area (Å²) in [5.41, 5.74) is 3.76. The average Bonchev–Trinajstić information content (AvgIpc) is 3.35. The molecule has 1 aromatic heterocycles. The number of benzene rings is 1. The second-order valence-electron chi connectivity index (χ2n) is 8.24. The van der Waals surface area contributed by atoms with Crippen molar-refractivity contribution in [3.8, 4) is 11.8 Å². The van der Waals surface area contributed by atoms with Crippen LogP contribution in [-0.2, 0) is 20.9 Å². The van der Waals surface area contributed by atoms with Crippen molar-refractivity contribution in [3.05, 3.63) is 47.2 Å². The van der Waals surface area contributed by atoms with E-state index in [2.05, 4.69) is 27.4 Å². The second-order valence-corrected chi connectivity index (χ2v) is 8.24. The van der Waals surface area contributed by atoms with Crippen LogP contribution in [-0.4, -0.2) is 45.0 Å². The van der Waals surface area contributed by atoms with Crippen LogP contribution >= 0.6 is 0 Å². The molecule has 0 unspecified atom stereocenters. The van der Waals surface area contributed by atoms with Crippen molar-refractivity contribution in [2.24, 2.45) is 11.1 Å². The fraction of sp³-hybridized carbons (Fsp3) is 0.409. The summed E-state index contributed by atoms with van der Waals surface area (Å²) in [6, 6.07) is 4.12. The number of amides is 3. The lowest BCUT2D eigenvalue weighted by Gasteiger charge is -2.30. The van der Waals surface area contributed by atoms with Gasteiger partial charge in [0.2, 0.25) is 23.6 Å². The highest BCUT2D eigenvalue weighted by Gasteiger charge is 2.70. The topological polar surface area (TPSA) is 131 Å². The van der Waals surface area contributed by atoms with Gasteiger partial charge in [-0.15, -0.1) is 5.10 Å². The van der Waals surface area contributed by atoms with Gasteiger partial charge >= 0.3 is 6.18 Å². The molecule has 0 radical (unpaired) electrons. The molecule has 2 atom stereocenters. The Labute approximate surface area is 191 Å².